The summed E-state index contributed by atoms with van der Waals surface area (Å²) < 4.78 is 7.17. The first-order chi connectivity index (χ1) is 12.7. The molecule has 4 aromatic rings. The number of aromatic nitrogens is 2. The molecule has 0 aliphatic rings. The molecule has 0 atom stereocenters. The normalized spacial score (nSPS) is 10.7. The second kappa shape index (κ2) is 7.06. The molecule has 4 heteroatoms. The van der Waals surface area contributed by atoms with Crippen molar-refractivity contribution in [2.75, 3.05) is 7.11 Å². The van der Waals surface area contributed by atoms with Crippen LogP contribution in [0.1, 0.15) is 0 Å². The monoisotopic (exact) mass is 360 g/mol. The fourth-order valence-electron chi connectivity index (χ4n) is 2.95. The van der Waals surface area contributed by atoms with Gasteiger partial charge in [-0.05, 0) is 59.7 Å². The van der Waals surface area contributed by atoms with Crippen LogP contribution < -0.4 is 4.74 Å². The molecule has 128 valence electrons. The largest absolute Gasteiger partial charge is 0.497 e. The zero-order valence-corrected chi connectivity index (χ0v) is 15.0. The maximum Gasteiger partial charge on any atom is 0.119 e. The number of methoxy groups -OCH3 is 1. The van der Waals surface area contributed by atoms with Gasteiger partial charge in [0.2, 0.25) is 0 Å². The van der Waals surface area contributed by atoms with E-state index in [0.29, 0.717) is 0 Å². The minimum absolute atomic E-state index is 0.738. The van der Waals surface area contributed by atoms with E-state index in [1.165, 1.54) is 0 Å². The Morgan fingerprint density at radius 3 is 2.27 bits per heavy atom. The Hall–Kier alpha value is -3.04. The van der Waals surface area contributed by atoms with Crippen LogP contribution in [-0.4, -0.2) is 16.9 Å². The molecule has 0 fully saturated rings. The van der Waals surface area contributed by atoms with Crippen molar-refractivity contribution in [1.29, 1.82) is 0 Å². The van der Waals surface area contributed by atoms with E-state index in [2.05, 4.69) is 29.4 Å². The van der Waals surface area contributed by atoms with Gasteiger partial charge in [0.25, 0.3) is 0 Å². The van der Waals surface area contributed by atoms with Crippen LogP contribution in [0.2, 0.25) is 5.02 Å². The average Bonchev–Trinajstić information content (AvgIpc) is 3.19. The Morgan fingerprint density at radius 2 is 1.54 bits per heavy atom. The molecule has 0 bridgehead atoms. The van der Waals surface area contributed by atoms with Gasteiger partial charge < -0.3 is 4.74 Å². The van der Waals surface area contributed by atoms with Gasteiger partial charge in [-0.1, -0.05) is 41.9 Å². The fourth-order valence-corrected chi connectivity index (χ4v) is 3.08. The molecule has 3 aromatic carbocycles. The first-order valence-electron chi connectivity index (χ1n) is 8.29. The first-order valence-corrected chi connectivity index (χ1v) is 8.67. The number of hydrogen-bond donors (Lipinski definition) is 0. The molecule has 0 aliphatic heterocycles. The van der Waals surface area contributed by atoms with E-state index in [0.717, 1.165) is 38.8 Å². The summed E-state index contributed by atoms with van der Waals surface area (Å²) in [6.45, 7) is 0. The van der Waals surface area contributed by atoms with E-state index in [-0.39, 0.29) is 0 Å². The molecule has 0 spiro atoms. The predicted octanol–water partition coefficient (Wildman–Crippen LogP) is 5.87. The highest BCUT2D eigenvalue weighted by Gasteiger charge is 2.09. The maximum atomic E-state index is 6.00. The van der Waals surface area contributed by atoms with Gasteiger partial charge >= 0.3 is 0 Å². The smallest absolute Gasteiger partial charge is 0.119 e. The lowest BCUT2D eigenvalue weighted by atomic mass is 10.0. The lowest BCUT2D eigenvalue weighted by molar-refractivity contribution is 0.414. The highest BCUT2D eigenvalue weighted by Crippen LogP contribution is 2.28. The lowest BCUT2D eigenvalue weighted by Gasteiger charge is -2.10. The van der Waals surface area contributed by atoms with Crippen LogP contribution in [0.5, 0.6) is 5.75 Å². The summed E-state index contributed by atoms with van der Waals surface area (Å²) in [5.74, 6) is 0.826. The lowest BCUT2D eigenvalue weighted by Crippen LogP contribution is -1.99. The Kier molecular flexibility index (Phi) is 4.46. The van der Waals surface area contributed by atoms with Crippen molar-refractivity contribution in [2.24, 2.45) is 0 Å². The SMILES string of the molecule is COc1ccc(-n2nccc2-c2cccc(-c3ccc(Cl)cc3)c2)cc1. The summed E-state index contributed by atoms with van der Waals surface area (Å²) >= 11 is 6.00. The van der Waals surface area contributed by atoms with Crippen LogP contribution in [0.3, 0.4) is 0 Å². The Bertz CT molecular complexity index is 1020. The summed E-state index contributed by atoms with van der Waals surface area (Å²) in [6, 6.07) is 26.2. The second-order valence-corrected chi connectivity index (χ2v) is 6.35. The van der Waals surface area contributed by atoms with Crippen LogP contribution in [0, 0.1) is 0 Å². The van der Waals surface area contributed by atoms with Gasteiger partial charge in [0.1, 0.15) is 5.75 Å². The highest BCUT2D eigenvalue weighted by atomic mass is 35.5. The van der Waals surface area contributed by atoms with Crippen molar-refractivity contribution in [1.82, 2.24) is 9.78 Å². The molecule has 1 heterocycles. The average molecular weight is 361 g/mol. The van der Waals surface area contributed by atoms with Crippen molar-refractivity contribution in [2.45, 2.75) is 0 Å². The fraction of sp³-hybridized carbons (Fsp3) is 0.0455. The topological polar surface area (TPSA) is 27.1 Å². The third kappa shape index (κ3) is 3.22. The van der Waals surface area contributed by atoms with Gasteiger partial charge in [0.05, 0.1) is 24.7 Å². The van der Waals surface area contributed by atoms with E-state index in [1.54, 1.807) is 7.11 Å². The standard InChI is InChI=1S/C22H17ClN2O/c1-26-21-11-9-20(10-12-21)25-22(13-14-24-25)18-4-2-3-17(15-18)16-5-7-19(23)8-6-16/h2-15H,1H3. The number of rotatable bonds is 4. The number of ether oxygens (including phenoxy) is 1. The molecule has 1 aromatic heterocycles. The summed E-state index contributed by atoms with van der Waals surface area (Å²) in [5, 5.41) is 5.23. The molecule has 3 nitrogen and oxygen atoms in total. The van der Waals surface area contributed by atoms with Crippen LogP contribution in [0.15, 0.2) is 85.1 Å². The van der Waals surface area contributed by atoms with E-state index < -0.39 is 0 Å². The van der Waals surface area contributed by atoms with E-state index in [4.69, 9.17) is 16.3 Å². The molecule has 4 rings (SSSR count). The number of hydrogen-bond acceptors (Lipinski definition) is 2. The minimum Gasteiger partial charge on any atom is -0.497 e. The Balaban J connectivity index is 1.74. The van der Waals surface area contributed by atoms with Gasteiger partial charge in [-0.3, -0.25) is 0 Å². The summed E-state index contributed by atoms with van der Waals surface area (Å²) in [6.07, 6.45) is 1.81. The number of halogens is 1. The quantitative estimate of drug-likeness (QED) is 0.455. The van der Waals surface area contributed by atoms with Crippen LogP contribution in [0.4, 0.5) is 0 Å². The molecule has 0 unspecified atom stereocenters. The highest BCUT2D eigenvalue weighted by molar-refractivity contribution is 6.30. The third-order valence-electron chi connectivity index (χ3n) is 4.30. The third-order valence-corrected chi connectivity index (χ3v) is 4.55. The van der Waals surface area contributed by atoms with Crippen LogP contribution in [-0.2, 0) is 0 Å². The van der Waals surface area contributed by atoms with Crippen molar-refractivity contribution in [3.8, 4) is 33.8 Å². The van der Waals surface area contributed by atoms with E-state index in [1.807, 2.05) is 65.5 Å². The zero-order valence-electron chi connectivity index (χ0n) is 14.3. The molecule has 0 amide bonds. The van der Waals surface area contributed by atoms with Gasteiger partial charge in [0, 0.05) is 10.6 Å². The van der Waals surface area contributed by atoms with Gasteiger partial charge in [-0.25, -0.2) is 4.68 Å². The van der Waals surface area contributed by atoms with E-state index in [9.17, 15) is 0 Å². The molecule has 0 N–H and O–H groups in total. The molecule has 0 aliphatic carbocycles. The molecule has 0 saturated carbocycles. The van der Waals surface area contributed by atoms with Crippen molar-refractivity contribution >= 4 is 11.6 Å². The minimum atomic E-state index is 0.738. The molecular weight excluding hydrogens is 344 g/mol. The zero-order chi connectivity index (χ0) is 17.9. The van der Waals surface area contributed by atoms with Gasteiger partial charge in [-0.2, -0.15) is 5.10 Å². The van der Waals surface area contributed by atoms with Crippen molar-refractivity contribution < 1.29 is 4.74 Å². The summed E-state index contributed by atoms with van der Waals surface area (Å²) in [7, 11) is 1.66. The first kappa shape index (κ1) is 16.4. The van der Waals surface area contributed by atoms with E-state index >= 15 is 0 Å². The van der Waals surface area contributed by atoms with Gasteiger partial charge in [0.15, 0.2) is 0 Å². The molecule has 0 saturated heterocycles. The molecule has 26 heavy (non-hydrogen) atoms. The number of benzene rings is 3. The van der Waals surface area contributed by atoms with Crippen molar-refractivity contribution in [3.63, 3.8) is 0 Å². The maximum absolute atomic E-state index is 6.00. The predicted molar refractivity (Wildman–Crippen MR) is 106 cm³/mol. The second-order valence-electron chi connectivity index (χ2n) is 5.91. The molecular formula is C22H17ClN2O. The Labute approximate surface area is 157 Å². The van der Waals surface area contributed by atoms with Crippen molar-refractivity contribution in [3.05, 3.63) is 90.1 Å². The molecule has 0 radical (unpaired) electrons. The van der Waals surface area contributed by atoms with Gasteiger partial charge in [-0.15, -0.1) is 0 Å². The number of nitrogens with zero attached hydrogens (tertiary/aromatic N) is 2. The summed E-state index contributed by atoms with van der Waals surface area (Å²) in [4.78, 5) is 0. The Morgan fingerprint density at radius 1 is 0.808 bits per heavy atom. The van der Waals surface area contributed by atoms with Crippen LogP contribution >= 0.6 is 11.6 Å². The summed E-state index contributed by atoms with van der Waals surface area (Å²) in [5.41, 5.74) is 5.40. The van der Waals surface area contributed by atoms with Crippen LogP contribution in [0.25, 0.3) is 28.1 Å².